The van der Waals surface area contributed by atoms with Gasteiger partial charge in [-0.15, -0.1) is 0 Å². The van der Waals surface area contributed by atoms with Gasteiger partial charge in [-0.3, -0.25) is 38.5 Å². The number of benzene rings is 7. The Morgan fingerprint density at radius 1 is 0.371 bits per heavy atom. The molecule has 14 rings (SSSR count). The number of rotatable bonds is 37. The van der Waals surface area contributed by atoms with Crippen LogP contribution in [0.2, 0.25) is 0 Å². The summed E-state index contributed by atoms with van der Waals surface area (Å²) in [6.45, 7) is 32.9. The van der Waals surface area contributed by atoms with E-state index < -0.39 is 22.4 Å². The standard InChI is InChI=1S/C29H33N3O3.C26H31FN2O5.C26H31N3O4.C23H27N3O4/c1-20(33)29(5,6)35-18-23-17-26(22-11-7-13-24(16-22)34-19-28(2,3)4)32(31-23)25-14-8-10-21-12-9-15-30-27(21)25;1-7-33-25-10-8-9-23(27)22(25)15-29-24(18-11-20(31-5)14-21(12-18)32-6)13-19(28-29)16-34-26(3,4)17(2)30;1-18(30)26(2,3)33-17-20-15-25(19-13-21(31-4)16-22(14-19)32-5)29(27-20)24-10-7-6-9-23(24)28-11-8-12-28;1-16(27)23(2,3)30-15-19-12-22(17-10-20(28-4)13-21(11-17)29-5)26(25-19)14-18-8-6-7-9-24-18/h7-17H,18-19H2,1-6H3;8-14H,7,15-16H2,1-6H3;6-7,9-10,13-16H,8,11-12,17H2,1-5H3;6-13H,14-15H2,1-5H3. The Morgan fingerprint density at radius 2 is 0.765 bits per heavy atom. The number of pyridine rings is 2. The number of para-hydroxylation sites is 3. The number of Topliss-reactive ketones (excluding diaryl/α,β-unsaturated/α-hetero) is 4. The number of methoxy groups -OCH3 is 6. The van der Waals surface area contributed by atoms with Crippen molar-refractivity contribution in [3.8, 4) is 102 Å². The number of anilines is 1. The number of nitrogens with zero attached hydrogens (tertiary/aromatic N) is 11. The lowest BCUT2D eigenvalue weighted by Crippen LogP contribution is -2.37. The van der Waals surface area contributed by atoms with E-state index in [1.165, 1.54) is 40.2 Å². The quantitative estimate of drug-likeness (QED) is 0.0350. The fraction of sp³-hybridized carbons (Fsp3) is 0.365. The van der Waals surface area contributed by atoms with E-state index in [0.29, 0.717) is 77.0 Å². The number of ether oxygens (including phenoxy) is 12. The van der Waals surface area contributed by atoms with Crippen LogP contribution in [-0.2, 0) is 77.6 Å². The lowest BCUT2D eigenvalue weighted by Gasteiger charge is -2.34. The van der Waals surface area contributed by atoms with Crippen LogP contribution in [0.15, 0.2) is 207 Å². The van der Waals surface area contributed by atoms with Gasteiger partial charge in [0.1, 0.15) is 74.2 Å². The second-order valence-corrected chi connectivity index (χ2v) is 35.0. The maximum atomic E-state index is 14.8. The summed E-state index contributed by atoms with van der Waals surface area (Å²) in [5.74, 6) is 4.69. The minimum atomic E-state index is -0.948. The fourth-order valence-electron chi connectivity index (χ4n) is 13.4. The van der Waals surface area contributed by atoms with Crippen molar-refractivity contribution < 1.29 is 80.4 Å². The molecule has 0 radical (unpaired) electrons. The zero-order valence-electron chi connectivity index (χ0n) is 79.7. The van der Waals surface area contributed by atoms with Crippen LogP contribution in [0.4, 0.5) is 10.1 Å². The maximum absolute atomic E-state index is 14.8. The van der Waals surface area contributed by atoms with E-state index >= 15 is 0 Å². The van der Waals surface area contributed by atoms with E-state index in [1.54, 1.807) is 133 Å². The van der Waals surface area contributed by atoms with Gasteiger partial charge in [0.05, 0.1) is 175 Å². The molecule has 6 aromatic heterocycles. The molecule has 0 aliphatic carbocycles. The van der Waals surface area contributed by atoms with Gasteiger partial charge >= 0.3 is 0 Å². The molecule has 132 heavy (non-hydrogen) atoms. The molecular formula is C104H122FN11O16. The third-order valence-corrected chi connectivity index (χ3v) is 22.5. The first-order valence-corrected chi connectivity index (χ1v) is 43.7. The molecule has 0 saturated carbocycles. The molecule has 1 saturated heterocycles. The van der Waals surface area contributed by atoms with Crippen molar-refractivity contribution in [1.29, 1.82) is 0 Å². The highest BCUT2D eigenvalue weighted by Gasteiger charge is 2.32. The Bertz CT molecular complexity index is 6070. The number of hydrogen-bond donors (Lipinski definition) is 0. The van der Waals surface area contributed by atoms with Crippen molar-refractivity contribution in [2.24, 2.45) is 5.41 Å². The highest BCUT2D eigenvalue weighted by molar-refractivity contribution is 5.88. The first-order chi connectivity index (χ1) is 62.8. The molecule has 0 bridgehead atoms. The van der Waals surface area contributed by atoms with Gasteiger partial charge in [0, 0.05) is 71.3 Å². The second-order valence-electron chi connectivity index (χ2n) is 35.0. The molecule has 1 aliphatic rings. The maximum Gasteiger partial charge on any atom is 0.161 e. The number of fused-ring (bicyclic) bond motifs is 1. The predicted molar refractivity (Wildman–Crippen MR) is 508 cm³/mol. The van der Waals surface area contributed by atoms with Gasteiger partial charge in [0.25, 0.3) is 0 Å². The largest absolute Gasteiger partial charge is 0.497 e. The van der Waals surface area contributed by atoms with E-state index in [2.05, 4.69) is 52.9 Å². The van der Waals surface area contributed by atoms with Crippen LogP contribution in [0.3, 0.4) is 0 Å². The summed E-state index contributed by atoms with van der Waals surface area (Å²) in [6.07, 6.45) is 4.73. The molecule has 7 heterocycles. The number of aromatic nitrogens is 10. The van der Waals surface area contributed by atoms with Gasteiger partial charge in [-0.25, -0.2) is 13.8 Å². The summed E-state index contributed by atoms with van der Waals surface area (Å²) in [5, 5.41) is 20.2. The first kappa shape index (κ1) is 99.2. The van der Waals surface area contributed by atoms with Gasteiger partial charge in [-0.05, 0) is 223 Å². The van der Waals surface area contributed by atoms with E-state index in [4.69, 9.17) is 72.1 Å². The average molecular weight is 1800 g/mol. The van der Waals surface area contributed by atoms with Crippen LogP contribution in [0.25, 0.3) is 67.3 Å². The minimum Gasteiger partial charge on any atom is -0.497 e. The molecule has 0 amide bonds. The Labute approximate surface area is 772 Å². The molecule has 28 heteroatoms. The molecule has 1 aliphatic heterocycles. The summed E-state index contributed by atoms with van der Waals surface area (Å²) < 4.78 is 90.1. The SMILES string of the molecule is CC(=O)C(C)(C)OCc1cc(-c2cccc(OCC(C)(C)C)c2)n(-c2cccc3cccnc23)n1.CCOc1cccc(F)c1Cn1nc(COC(C)(C)C(C)=O)cc1-c1cc(OC)cc(OC)c1.COc1cc(OC)cc(-c2cc(COC(C)(C)C(C)=O)nn2-c2ccccc2N2CCC2)c1.COc1cc(OC)cc(-c2cc(COC(C)(C)C(C)=O)nn2Cc2ccccn2)c1. The van der Waals surface area contributed by atoms with Crippen molar-refractivity contribution in [1.82, 2.24) is 49.1 Å². The Kier molecular flexibility index (Phi) is 33.1. The number of hydrogen-bond acceptors (Lipinski definition) is 23. The number of carbonyl (C=O) groups excluding carboxylic acids is 4. The summed E-state index contributed by atoms with van der Waals surface area (Å²) in [4.78, 5) is 58.9. The lowest BCUT2D eigenvalue weighted by atomic mass is 9.99. The van der Waals surface area contributed by atoms with Crippen LogP contribution in [0.5, 0.6) is 46.0 Å². The van der Waals surface area contributed by atoms with Crippen molar-refractivity contribution >= 4 is 39.7 Å². The van der Waals surface area contributed by atoms with Gasteiger partial charge < -0.3 is 61.7 Å². The normalized spacial score (nSPS) is 12.1. The van der Waals surface area contributed by atoms with Crippen molar-refractivity contribution in [3.63, 3.8) is 0 Å². The highest BCUT2D eigenvalue weighted by Crippen LogP contribution is 2.40. The van der Waals surface area contributed by atoms with Crippen LogP contribution < -0.4 is 42.8 Å². The van der Waals surface area contributed by atoms with Gasteiger partial charge in [-0.1, -0.05) is 75.4 Å². The summed E-state index contributed by atoms with van der Waals surface area (Å²) in [7, 11) is 9.66. The first-order valence-electron chi connectivity index (χ1n) is 43.7. The second kappa shape index (κ2) is 44.0. The molecule has 0 N–H and O–H groups in total. The topological polar surface area (TPSA) is 279 Å². The molecule has 13 aromatic rings. The molecule has 7 aromatic carbocycles. The third-order valence-electron chi connectivity index (χ3n) is 22.5. The van der Waals surface area contributed by atoms with Crippen molar-refractivity contribution in [3.05, 3.63) is 246 Å². The summed E-state index contributed by atoms with van der Waals surface area (Å²) in [5.41, 5.74) is 11.3. The molecular weight excluding hydrogens is 1680 g/mol. The third kappa shape index (κ3) is 25.8. The molecule has 0 atom stereocenters. The van der Waals surface area contributed by atoms with Gasteiger partial charge in [0.2, 0.25) is 0 Å². The van der Waals surface area contributed by atoms with Gasteiger partial charge in [-0.2, -0.15) is 20.4 Å². The van der Waals surface area contributed by atoms with Crippen LogP contribution in [-0.4, -0.2) is 164 Å². The van der Waals surface area contributed by atoms with Crippen molar-refractivity contribution in [2.45, 2.75) is 179 Å². The molecule has 0 spiro atoms. The van der Waals surface area contributed by atoms with Crippen molar-refractivity contribution in [2.75, 3.05) is 73.9 Å². The summed E-state index contributed by atoms with van der Waals surface area (Å²) in [6, 6.07) is 61.6. The number of halogens is 1. The predicted octanol–water partition coefficient (Wildman–Crippen LogP) is 20.0. The highest BCUT2D eigenvalue weighted by atomic mass is 19.1. The van der Waals surface area contributed by atoms with E-state index in [-0.39, 0.29) is 67.3 Å². The molecule has 0 unspecified atom stereocenters. The zero-order valence-corrected chi connectivity index (χ0v) is 79.7. The fourth-order valence-corrected chi connectivity index (χ4v) is 13.4. The van der Waals surface area contributed by atoms with Crippen LogP contribution >= 0.6 is 0 Å². The monoisotopic (exact) mass is 1800 g/mol. The molecule has 1 fully saturated rings. The smallest absolute Gasteiger partial charge is 0.161 e. The van der Waals surface area contributed by atoms with E-state index in [1.807, 2.05) is 179 Å². The number of ketones is 4. The average Bonchev–Trinajstić information content (AvgIpc) is 1.56. The Hall–Kier alpha value is -13.4. The van der Waals surface area contributed by atoms with E-state index in [9.17, 15) is 23.6 Å². The molecule has 696 valence electrons. The van der Waals surface area contributed by atoms with Crippen LogP contribution in [0.1, 0.15) is 151 Å². The minimum absolute atomic E-state index is 0.0252. The Morgan fingerprint density at radius 3 is 1.20 bits per heavy atom. The molecule has 27 nitrogen and oxygen atoms in total. The van der Waals surface area contributed by atoms with E-state index in [0.717, 1.165) is 109 Å². The number of carbonyl (C=O) groups is 4. The lowest BCUT2D eigenvalue weighted by molar-refractivity contribution is -0.140. The zero-order chi connectivity index (χ0) is 95.4. The summed E-state index contributed by atoms with van der Waals surface area (Å²) >= 11 is 0. The van der Waals surface area contributed by atoms with Crippen LogP contribution in [0, 0.1) is 11.2 Å². The van der Waals surface area contributed by atoms with Gasteiger partial charge in [0.15, 0.2) is 23.1 Å². The Balaban J connectivity index is 0.000000170.